The van der Waals surface area contributed by atoms with Gasteiger partial charge >= 0.3 is 5.97 Å². The zero-order valence-electron chi connectivity index (χ0n) is 15.5. The lowest BCUT2D eigenvalue weighted by Gasteiger charge is -2.11. The third kappa shape index (κ3) is 5.30. The molecule has 0 spiro atoms. The zero-order chi connectivity index (χ0) is 21.5. The maximum absolute atomic E-state index is 12.9. The van der Waals surface area contributed by atoms with Gasteiger partial charge in [-0.2, -0.15) is 0 Å². The largest absolute Gasteiger partial charge is 0.478 e. The summed E-state index contributed by atoms with van der Waals surface area (Å²) >= 11 is 6.07. The first kappa shape index (κ1) is 20.8. The topological polar surface area (TPSA) is 108 Å². The van der Waals surface area contributed by atoms with Gasteiger partial charge in [0.2, 0.25) is 0 Å². The summed E-state index contributed by atoms with van der Waals surface area (Å²) < 4.78 is 0. The van der Waals surface area contributed by atoms with Crippen molar-refractivity contribution in [2.24, 2.45) is 0 Å². The van der Waals surface area contributed by atoms with Crippen LogP contribution < -0.4 is 10.6 Å². The Balaban J connectivity index is 1.89. The Morgan fingerprint density at radius 1 is 0.833 bits per heavy atom. The lowest BCUT2D eigenvalue weighted by Crippen LogP contribution is -2.25. The number of aromatic carboxylic acids is 1. The molecule has 7 nitrogen and oxygen atoms in total. The lowest BCUT2D eigenvalue weighted by atomic mass is 10.1. The molecule has 0 saturated carbocycles. The minimum Gasteiger partial charge on any atom is -0.478 e. The molecule has 1 aromatic heterocycles. The standard InChI is InChI=1S/C22H16ClN3O4/c23-19-15(5-4-12-24-19)13-18(20(27)25-16-6-2-1-3-7-16)21(28)26-17-10-8-14(9-11-17)22(29)30/h1-13H,(H,25,27)(H,26,28)(H,29,30). The second-order valence-electron chi connectivity index (χ2n) is 6.10. The SMILES string of the molecule is O=C(Nc1ccccc1)C(=Cc1cccnc1Cl)C(=O)Nc1ccc(C(=O)O)cc1. The molecule has 150 valence electrons. The number of anilines is 2. The molecule has 2 amide bonds. The number of benzene rings is 2. The quantitative estimate of drug-likeness (QED) is 0.240. The fourth-order valence-electron chi connectivity index (χ4n) is 2.51. The fraction of sp³-hybridized carbons (Fsp3) is 0. The molecule has 30 heavy (non-hydrogen) atoms. The molecule has 0 aliphatic carbocycles. The zero-order valence-corrected chi connectivity index (χ0v) is 16.3. The van der Waals surface area contributed by atoms with Crippen LogP contribution in [0.4, 0.5) is 11.4 Å². The van der Waals surface area contributed by atoms with Gasteiger partial charge in [-0.1, -0.05) is 35.9 Å². The van der Waals surface area contributed by atoms with Crippen molar-refractivity contribution in [1.29, 1.82) is 0 Å². The molecular weight excluding hydrogens is 406 g/mol. The fourth-order valence-corrected chi connectivity index (χ4v) is 2.68. The van der Waals surface area contributed by atoms with Crippen LogP contribution in [0.3, 0.4) is 0 Å². The Kier molecular flexibility index (Phi) is 6.56. The number of hydrogen-bond donors (Lipinski definition) is 3. The monoisotopic (exact) mass is 421 g/mol. The van der Waals surface area contributed by atoms with E-state index in [0.717, 1.165) is 0 Å². The highest BCUT2D eigenvalue weighted by Crippen LogP contribution is 2.19. The van der Waals surface area contributed by atoms with E-state index in [1.54, 1.807) is 42.5 Å². The van der Waals surface area contributed by atoms with E-state index in [0.29, 0.717) is 16.9 Å². The predicted molar refractivity (Wildman–Crippen MR) is 114 cm³/mol. The number of halogens is 1. The van der Waals surface area contributed by atoms with E-state index in [9.17, 15) is 14.4 Å². The first-order valence-electron chi connectivity index (χ1n) is 8.77. The molecule has 1 heterocycles. The van der Waals surface area contributed by atoms with Crippen LogP contribution in [0, 0.1) is 0 Å². The number of nitrogens with zero attached hydrogens (tertiary/aromatic N) is 1. The van der Waals surface area contributed by atoms with Gasteiger partial charge in [-0.15, -0.1) is 0 Å². The number of amides is 2. The maximum Gasteiger partial charge on any atom is 0.335 e. The third-order valence-corrected chi connectivity index (χ3v) is 4.31. The molecule has 0 aliphatic heterocycles. The van der Waals surface area contributed by atoms with Gasteiger partial charge in [-0.05, 0) is 48.5 Å². The summed E-state index contributed by atoms with van der Waals surface area (Å²) in [5.41, 5.74) is 1.13. The molecule has 3 rings (SSSR count). The van der Waals surface area contributed by atoms with Crippen molar-refractivity contribution in [2.75, 3.05) is 10.6 Å². The van der Waals surface area contributed by atoms with Crippen molar-refractivity contribution >= 4 is 46.8 Å². The van der Waals surface area contributed by atoms with E-state index >= 15 is 0 Å². The van der Waals surface area contributed by atoms with Crippen LogP contribution in [-0.4, -0.2) is 27.9 Å². The highest BCUT2D eigenvalue weighted by Gasteiger charge is 2.20. The van der Waals surface area contributed by atoms with Crippen molar-refractivity contribution in [3.63, 3.8) is 0 Å². The van der Waals surface area contributed by atoms with E-state index in [-0.39, 0.29) is 16.3 Å². The number of carboxylic acid groups (broad SMARTS) is 1. The van der Waals surface area contributed by atoms with Gasteiger partial charge in [0.05, 0.1) is 5.56 Å². The number of rotatable bonds is 6. The summed E-state index contributed by atoms with van der Waals surface area (Å²) in [6, 6.07) is 17.5. The molecular formula is C22H16ClN3O4. The highest BCUT2D eigenvalue weighted by atomic mass is 35.5. The van der Waals surface area contributed by atoms with Gasteiger partial charge in [0.1, 0.15) is 10.7 Å². The normalized spacial score (nSPS) is 10.9. The van der Waals surface area contributed by atoms with Crippen LogP contribution in [0.25, 0.3) is 6.08 Å². The molecule has 3 aromatic rings. The maximum atomic E-state index is 12.9. The number of carbonyl (C=O) groups excluding carboxylic acids is 2. The van der Waals surface area contributed by atoms with Gasteiger partial charge in [0.25, 0.3) is 11.8 Å². The summed E-state index contributed by atoms with van der Waals surface area (Å²) in [5, 5.41) is 14.4. The number of para-hydroxylation sites is 1. The Bertz CT molecular complexity index is 1110. The van der Waals surface area contributed by atoms with Crippen LogP contribution in [0.2, 0.25) is 5.15 Å². The van der Waals surface area contributed by atoms with Crippen LogP contribution >= 0.6 is 11.6 Å². The van der Waals surface area contributed by atoms with Crippen molar-refractivity contribution < 1.29 is 19.5 Å². The summed E-state index contributed by atoms with van der Waals surface area (Å²) in [4.78, 5) is 40.6. The van der Waals surface area contributed by atoms with Crippen molar-refractivity contribution in [1.82, 2.24) is 4.98 Å². The van der Waals surface area contributed by atoms with Crippen LogP contribution in [0.1, 0.15) is 15.9 Å². The molecule has 0 fully saturated rings. The van der Waals surface area contributed by atoms with E-state index in [1.807, 2.05) is 0 Å². The molecule has 8 heteroatoms. The lowest BCUT2D eigenvalue weighted by molar-refractivity contribution is -0.118. The molecule has 0 unspecified atom stereocenters. The number of carbonyl (C=O) groups is 3. The van der Waals surface area contributed by atoms with Gasteiger partial charge < -0.3 is 15.7 Å². The molecule has 0 aliphatic rings. The average molecular weight is 422 g/mol. The predicted octanol–water partition coefficient (Wildman–Crippen LogP) is 4.09. The first-order chi connectivity index (χ1) is 14.4. The minimum atomic E-state index is -1.08. The van der Waals surface area contributed by atoms with E-state index < -0.39 is 17.8 Å². The molecule has 3 N–H and O–H groups in total. The van der Waals surface area contributed by atoms with Gasteiger partial charge in [0.15, 0.2) is 0 Å². The van der Waals surface area contributed by atoms with Crippen molar-refractivity contribution in [3.05, 3.63) is 94.8 Å². The second-order valence-corrected chi connectivity index (χ2v) is 6.46. The van der Waals surface area contributed by atoms with Crippen LogP contribution in [-0.2, 0) is 9.59 Å². The number of aromatic nitrogens is 1. The van der Waals surface area contributed by atoms with Crippen molar-refractivity contribution in [2.45, 2.75) is 0 Å². The number of nitrogens with one attached hydrogen (secondary N) is 2. The Labute approximate surface area is 177 Å². The Morgan fingerprint density at radius 2 is 1.43 bits per heavy atom. The molecule has 0 atom stereocenters. The summed E-state index contributed by atoms with van der Waals surface area (Å²) in [6.07, 6.45) is 2.84. The van der Waals surface area contributed by atoms with E-state index in [4.69, 9.17) is 16.7 Å². The summed E-state index contributed by atoms with van der Waals surface area (Å²) in [6.45, 7) is 0. The van der Waals surface area contributed by atoms with Gasteiger partial charge in [0, 0.05) is 23.1 Å². The molecule has 0 saturated heterocycles. The number of carboxylic acids is 1. The summed E-state index contributed by atoms with van der Waals surface area (Å²) in [5.74, 6) is -2.41. The molecule has 0 bridgehead atoms. The number of hydrogen-bond acceptors (Lipinski definition) is 4. The molecule has 2 aromatic carbocycles. The smallest absolute Gasteiger partial charge is 0.335 e. The van der Waals surface area contributed by atoms with Gasteiger partial charge in [-0.25, -0.2) is 9.78 Å². The minimum absolute atomic E-state index is 0.0766. The second kappa shape index (κ2) is 9.49. The van der Waals surface area contributed by atoms with Crippen LogP contribution in [0.15, 0.2) is 78.5 Å². The Morgan fingerprint density at radius 3 is 2.00 bits per heavy atom. The van der Waals surface area contributed by atoms with Gasteiger partial charge in [-0.3, -0.25) is 9.59 Å². The number of pyridine rings is 1. The third-order valence-electron chi connectivity index (χ3n) is 4.00. The Hall–Kier alpha value is -3.97. The van der Waals surface area contributed by atoms with Crippen molar-refractivity contribution in [3.8, 4) is 0 Å². The van der Waals surface area contributed by atoms with E-state index in [1.165, 1.54) is 36.5 Å². The van der Waals surface area contributed by atoms with Crippen LogP contribution in [0.5, 0.6) is 0 Å². The highest BCUT2D eigenvalue weighted by molar-refractivity contribution is 6.32. The first-order valence-corrected chi connectivity index (χ1v) is 9.15. The summed E-state index contributed by atoms with van der Waals surface area (Å²) in [7, 11) is 0. The average Bonchev–Trinajstić information content (AvgIpc) is 2.74. The van der Waals surface area contributed by atoms with E-state index in [2.05, 4.69) is 15.6 Å². The molecule has 0 radical (unpaired) electrons.